The number of hydrogen-bond acceptors (Lipinski definition) is 0. The molecule has 2 heteroatoms. The lowest BCUT2D eigenvalue weighted by molar-refractivity contribution is 0.464. The molecule has 0 atom stereocenters. The predicted molar refractivity (Wildman–Crippen MR) is 66.8 cm³/mol. The van der Waals surface area contributed by atoms with E-state index >= 15 is 0 Å². The smallest absolute Gasteiger partial charge is 0.131 e. The summed E-state index contributed by atoms with van der Waals surface area (Å²) in [5.41, 5.74) is 0. The van der Waals surface area contributed by atoms with Crippen molar-refractivity contribution >= 4 is 0 Å². The van der Waals surface area contributed by atoms with Gasteiger partial charge in [-0.1, -0.05) is 52.4 Å². The molecule has 96 valence electrons. The van der Waals surface area contributed by atoms with E-state index in [2.05, 4.69) is 13.8 Å². The van der Waals surface area contributed by atoms with E-state index < -0.39 is 11.7 Å². The Bertz CT molecular complexity index is 165. The van der Waals surface area contributed by atoms with Gasteiger partial charge in [0.15, 0.2) is 0 Å². The summed E-state index contributed by atoms with van der Waals surface area (Å²) < 4.78 is 26.5. The summed E-state index contributed by atoms with van der Waals surface area (Å²) in [6.07, 6.45) is 8.65. The molecule has 0 amide bonds. The first kappa shape index (κ1) is 15.6. The van der Waals surface area contributed by atoms with Crippen LogP contribution in [0.3, 0.4) is 0 Å². The van der Waals surface area contributed by atoms with Gasteiger partial charge in [0.05, 0.1) is 0 Å². The van der Waals surface area contributed by atoms with Crippen LogP contribution >= 0.6 is 0 Å². The summed E-state index contributed by atoms with van der Waals surface area (Å²) in [5, 5.41) is 0. The van der Waals surface area contributed by atoms with E-state index in [9.17, 15) is 8.78 Å². The molecule has 0 heterocycles. The van der Waals surface area contributed by atoms with Crippen molar-refractivity contribution in [1.82, 2.24) is 0 Å². The maximum atomic E-state index is 13.2. The quantitative estimate of drug-likeness (QED) is 0.400. The van der Waals surface area contributed by atoms with Gasteiger partial charge in [-0.25, -0.2) is 8.78 Å². The third kappa shape index (κ3) is 8.87. The van der Waals surface area contributed by atoms with Crippen molar-refractivity contribution in [2.24, 2.45) is 0 Å². The van der Waals surface area contributed by atoms with Crippen LogP contribution < -0.4 is 0 Å². The average Bonchev–Trinajstić information content (AvgIpc) is 2.29. The van der Waals surface area contributed by atoms with Crippen LogP contribution in [-0.2, 0) is 0 Å². The highest BCUT2D eigenvalue weighted by molar-refractivity contribution is 4.99. The molecule has 0 aliphatic rings. The molecule has 0 aliphatic carbocycles. The number of unbranched alkanes of at least 4 members (excludes halogenated alkanes) is 6. The van der Waals surface area contributed by atoms with Crippen molar-refractivity contribution in [1.29, 1.82) is 0 Å². The predicted octanol–water partition coefficient (Wildman–Crippen LogP) is 6.08. The molecule has 0 aromatic rings. The molecular weight excluding hydrogens is 206 g/mol. The second-order valence-corrected chi connectivity index (χ2v) is 4.43. The Hall–Kier alpha value is -0.400. The molecule has 16 heavy (non-hydrogen) atoms. The van der Waals surface area contributed by atoms with Crippen LogP contribution in [0.4, 0.5) is 8.78 Å². The summed E-state index contributed by atoms with van der Waals surface area (Å²) in [6.45, 7) is 4.22. The normalized spacial score (nSPS) is 12.8. The van der Waals surface area contributed by atoms with Crippen LogP contribution in [0.1, 0.15) is 78.1 Å². The zero-order valence-electron chi connectivity index (χ0n) is 10.8. The van der Waals surface area contributed by atoms with E-state index in [-0.39, 0.29) is 0 Å². The van der Waals surface area contributed by atoms with Gasteiger partial charge in [-0.15, -0.1) is 0 Å². The Labute approximate surface area is 99.1 Å². The van der Waals surface area contributed by atoms with E-state index in [1.165, 1.54) is 0 Å². The highest BCUT2D eigenvalue weighted by Crippen LogP contribution is 2.21. The van der Waals surface area contributed by atoms with Crippen LogP contribution in [-0.4, -0.2) is 0 Å². The lowest BCUT2D eigenvalue weighted by Crippen LogP contribution is -1.85. The maximum Gasteiger partial charge on any atom is 0.131 e. The first-order valence-corrected chi connectivity index (χ1v) is 6.75. The van der Waals surface area contributed by atoms with Gasteiger partial charge < -0.3 is 0 Å². The van der Waals surface area contributed by atoms with Crippen LogP contribution in [0.25, 0.3) is 0 Å². The van der Waals surface area contributed by atoms with Crippen molar-refractivity contribution in [3.8, 4) is 0 Å². The SMILES string of the molecule is CCCCCCC(F)=C(F)CCCCCC. The van der Waals surface area contributed by atoms with Crippen LogP contribution in [0.2, 0.25) is 0 Å². The maximum absolute atomic E-state index is 13.2. The van der Waals surface area contributed by atoms with Crippen LogP contribution in [0.15, 0.2) is 11.7 Å². The van der Waals surface area contributed by atoms with Gasteiger partial charge >= 0.3 is 0 Å². The molecule has 0 aromatic heterocycles. The second-order valence-electron chi connectivity index (χ2n) is 4.43. The Morgan fingerprint density at radius 2 is 1.00 bits per heavy atom. The number of rotatable bonds is 10. The first-order chi connectivity index (χ1) is 7.72. The number of hydrogen-bond donors (Lipinski definition) is 0. The summed E-state index contributed by atoms with van der Waals surface area (Å²) in [5.74, 6) is -1.01. The van der Waals surface area contributed by atoms with E-state index in [0.717, 1.165) is 51.4 Å². The van der Waals surface area contributed by atoms with Gasteiger partial charge in [0.1, 0.15) is 11.7 Å². The topological polar surface area (TPSA) is 0 Å². The molecule has 0 saturated heterocycles. The fraction of sp³-hybridized carbons (Fsp3) is 0.857. The molecule has 0 nitrogen and oxygen atoms in total. The lowest BCUT2D eigenvalue weighted by atomic mass is 10.1. The van der Waals surface area contributed by atoms with Gasteiger partial charge in [0.25, 0.3) is 0 Å². The molecule has 0 fully saturated rings. The number of halogens is 2. The molecule has 0 saturated carbocycles. The standard InChI is InChI=1S/C14H26F2/c1-3-5-7-9-11-13(15)14(16)12-10-8-6-4-2/h3-12H2,1-2H3. The summed E-state index contributed by atoms with van der Waals surface area (Å²) in [4.78, 5) is 0. The monoisotopic (exact) mass is 232 g/mol. The lowest BCUT2D eigenvalue weighted by Gasteiger charge is -2.02. The van der Waals surface area contributed by atoms with Gasteiger partial charge in [-0.3, -0.25) is 0 Å². The van der Waals surface area contributed by atoms with Crippen molar-refractivity contribution < 1.29 is 8.78 Å². The van der Waals surface area contributed by atoms with E-state index in [1.807, 2.05) is 0 Å². The third-order valence-electron chi connectivity index (χ3n) is 2.79. The molecule has 0 radical (unpaired) electrons. The summed E-state index contributed by atoms with van der Waals surface area (Å²) >= 11 is 0. The average molecular weight is 232 g/mol. The van der Waals surface area contributed by atoms with Gasteiger partial charge in [-0.05, 0) is 12.8 Å². The number of allylic oxidation sites excluding steroid dienone is 2. The van der Waals surface area contributed by atoms with E-state index in [0.29, 0.717) is 12.8 Å². The highest BCUT2D eigenvalue weighted by atomic mass is 19.2. The molecule has 0 spiro atoms. The van der Waals surface area contributed by atoms with E-state index in [1.54, 1.807) is 0 Å². The van der Waals surface area contributed by atoms with Crippen molar-refractivity contribution in [3.63, 3.8) is 0 Å². The molecule has 0 aromatic carbocycles. The second kappa shape index (κ2) is 11.1. The largest absolute Gasteiger partial charge is 0.209 e. The molecule has 0 aliphatic heterocycles. The fourth-order valence-corrected chi connectivity index (χ4v) is 1.69. The Kier molecular flexibility index (Phi) is 10.8. The van der Waals surface area contributed by atoms with Crippen molar-refractivity contribution in [2.45, 2.75) is 78.1 Å². The minimum absolute atomic E-state index is 0.291. The Morgan fingerprint density at radius 1 is 0.625 bits per heavy atom. The molecule has 0 rings (SSSR count). The molecular formula is C14H26F2. The molecule has 0 bridgehead atoms. The molecule has 0 unspecified atom stereocenters. The zero-order chi connectivity index (χ0) is 12.2. The zero-order valence-corrected chi connectivity index (χ0v) is 10.8. The third-order valence-corrected chi connectivity index (χ3v) is 2.79. The van der Waals surface area contributed by atoms with E-state index in [4.69, 9.17) is 0 Å². The highest BCUT2D eigenvalue weighted by Gasteiger charge is 2.05. The first-order valence-electron chi connectivity index (χ1n) is 6.75. The summed E-state index contributed by atoms with van der Waals surface area (Å²) in [6, 6.07) is 0. The van der Waals surface area contributed by atoms with Gasteiger partial charge in [0, 0.05) is 12.8 Å². The fourth-order valence-electron chi connectivity index (χ4n) is 1.69. The Morgan fingerprint density at radius 3 is 1.31 bits per heavy atom. The van der Waals surface area contributed by atoms with Gasteiger partial charge in [0.2, 0.25) is 0 Å². The van der Waals surface area contributed by atoms with Gasteiger partial charge in [-0.2, -0.15) is 0 Å². The molecule has 0 N–H and O–H groups in total. The van der Waals surface area contributed by atoms with Crippen molar-refractivity contribution in [2.75, 3.05) is 0 Å². The Balaban J connectivity index is 3.60. The van der Waals surface area contributed by atoms with Crippen LogP contribution in [0.5, 0.6) is 0 Å². The minimum atomic E-state index is -0.507. The van der Waals surface area contributed by atoms with Crippen molar-refractivity contribution in [3.05, 3.63) is 11.7 Å². The van der Waals surface area contributed by atoms with Crippen LogP contribution in [0, 0.1) is 0 Å². The minimum Gasteiger partial charge on any atom is -0.209 e. The summed E-state index contributed by atoms with van der Waals surface area (Å²) in [7, 11) is 0.